The average Bonchev–Trinajstić information content (AvgIpc) is 2.56. The van der Waals surface area contributed by atoms with Crippen molar-refractivity contribution >= 4 is 47.2 Å². The van der Waals surface area contributed by atoms with E-state index in [1.807, 2.05) is 6.92 Å². The topological polar surface area (TPSA) is 0 Å². The van der Waals surface area contributed by atoms with Gasteiger partial charge in [-0.2, -0.15) is 13.2 Å². The number of hydrogen-bond acceptors (Lipinski definition) is 2. The molecule has 0 aliphatic rings. The standard InChI is InChI=1S/C12H7Cl2F3S2/c1-5-9(18)4-10(19-5)11-7(13)2-6(3-8(11)14)12(15,16)17/h2-4,18H,1H3. The van der Waals surface area contributed by atoms with Crippen molar-refractivity contribution in [1.29, 1.82) is 0 Å². The van der Waals surface area contributed by atoms with Crippen LogP contribution in [0.3, 0.4) is 0 Å². The van der Waals surface area contributed by atoms with Crippen molar-refractivity contribution in [2.45, 2.75) is 18.0 Å². The normalized spacial score (nSPS) is 11.9. The Kier molecular flexibility index (Phi) is 4.12. The largest absolute Gasteiger partial charge is 0.416 e. The maximum absolute atomic E-state index is 12.6. The molecule has 0 atom stereocenters. The molecule has 0 N–H and O–H groups in total. The molecule has 0 aliphatic carbocycles. The maximum atomic E-state index is 12.6. The highest BCUT2D eigenvalue weighted by Crippen LogP contribution is 2.43. The Morgan fingerprint density at radius 1 is 1.11 bits per heavy atom. The van der Waals surface area contributed by atoms with Crippen LogP contribution in [0.5, 0.6) is 0 Å². The van der Waals surface area contributed by atoms with E-state index in [4.69, 9.17) is 23.2 Å². The van der Waals surface area contributed by atoms with Gasteiger partial charge in [0.15, 0.2) is 0 Å². The lowest BCUT2D eigenvalue weighted by Crippen LogP contribution is -2.05. The SMILES string of the molecule is Cc1sc(-c2c(Cl)cc(C(F)(F)F)cc2Cl)cc1S. The molecule has 102 valence electrons. The zero-order valence-corrected chi connectivity index (χ0v) is 12.7. The minimum absolute atomic E-state index is 0.0191. The molecule has 19 heavy (non-hydrogen) atoms. The Morgan fingerprint density at radius 2 is 1.63 bits per heavy atom. The number of halogens is 5. The number of benzene rings is 1. The molecule has 1 heterocycles. The number of thiol groups is 1. The third kappa shape index (κ3) is 3.05. The summed E-state index contributed by atoms with van der Waals surface area (Å²) in [6.07, 6.45) is -4.47. The van der Waals surface area contributed by atoms with E-state index in [1.165, 1.54) is 11.3 Å². The van der Waals surface area contributed by atoms with Crippen molar-refractivity contribution in [2.24, 2.45) is 0 Å². The molecule has 0 spiro atoms. The lowest BCUT2D eigenvalue weighted by molar-refractivity contribution is -0.137. The van der Waals surface area contributed by atoms with Gasteiger partial charge in [0.1, 0.15) is 0 Å². The summed E-state index contributed by atoms with van der Waals surface area (Å²) in [5, 5.41) is -0.0381. The van der Waals surface area contributed by atoms with E-state index in [9.17, 15) is 13.2 Å². The molecule has 2 rings (SSSR count). The Morgan fingerprint density at radius 3 is 2.00 bits per heavy atom. The van der Waals surface area contributed by atoms with E-state index in [0.717, 1.165) is 21.9 Å². The molecule has 0 unspecified atom stereocenters. The van der Waals surface area contributed by atoms with Crippen molar-refractivity contribution in [3.05, 3.63) is 38.7 Å². The summed E-state index contributed by atoms with van der Waals surface area (Å²) >= 11 is 17.5. The van der Waals surface area contributed by atoms with Crippen molar-refractivity contribution in [2.75, 3.05) is 0 Å². The van der Waals surface area contributed by atoms with Crippen molar-refractivity contribution in [1.82, 2.24) is 0 Å². The molecule has 2 aromatic rings. The molecular weight excluding hydrogens is 336 g/mol. The fourth-order valence-electron chi connectivity index (χ4n) is 1.57. The summed E-state index contributed by atoms with van der Waals surface area (Å²) in [6, 6.07) is 3.51. The van der Waals surface area contributed by atoms with Crippen LogP contribution in [0.2, 0.25) is 10.0 Å². The van der Waals surface area contributed by atoms with Crippen LogP contribution < -0.4 is 0 Å². The molecule has 0 saturated heterocycles. The molecule has 0 amide bonds. The predicted molar refractivity (Wildman–Crippen MR) is 76.8 cm³/mol. The van der Waals surface area contributed by atoms with E-state index in [2.05, 4.69) is 12.6 Å². The van der Waals surface area contributed by atoms with Crippen molar-refractivity contribution in [3.63, 3.8) is 0 Å². The maximum Gasteiger partial charge on any atom is 0.416 e. The van der Waals surface area contributed by atoms with E-state index < -0.39 is 11.7 Å². The van der Waals surface area contributed by atoms with Gasteiger partial charge in [0.05, 0.1) is 15.6 Å². The molecule has 0 radical (unpaired) electrons. The Bertz CT molecular complexity index is 590. The van der Waals surface area contributed by atoms with Crippen LogP contribution in [0, 0.1) is 6.92 Å². The molecule has 1 aromatic carbocycles. The molecule has 7 heteroatoms. The smallest absolute Gasteiger partial charge is 0.166 e. The van der Waals surface area contributed by atoms with Gasteiger partial charge in [0.25, 0.3) is 0 Å². The fraction of sp³-hybridized carbons (Fsp3) is 0.167. The molecule has 0 aliphatic heterocycles. The summed E-state index contributed by atoms with van der Waals surface area (Å²) in [4.78, 5) is 2.41. The number of hydrogen-bond donors (Lipinski definition) is 1. The minimum Gasteiger partial charge on any atom is -0.166 e. The van der Waals surface area contributed by atoms with Crippen molar-refractivity contribution in [3.8, 4) is 10.4 Å². The summed E-state index contributed by atoms with van der Waals surface area (Å²) in [5.74, 6) is 0. The van der Waals surface area contributed by atoms with Crippen LogP contribution in [0.4, 0.5) is 13.2 Å². The zero-order valence-electron chi connectivity index (χ0n) is 9.48. The number of alkyl halides is 3. The van der Waals surface area contributed by atoms with Crippen LogP contribution in [0.1, 0.15) is 10.4 Å². The van der Waals surface area contributed by atoms with Gasteiger partial charge in [-0.15, -0.1) is 24.0 Å². The third-order valence-electron chi connectivity index (χ3n) is 2.51. The van der Waals surface area contributed by atoms with Crippen LogP contribution in [-0.4, -0.2) is 0 Å². The second-order valence-corrected chi connectivity index (χ2v) is 6.42. The molecule has 0 fully saturated rings. The summed E-state index contributed by atoms with van der Waals surface area (Å²) < 4.78 is 37.9. The van der Waals surface area contributed by atoms with E-state index in [0.29, 0.717) is 10.4 Å². The molecule has 0 bridgehead atoms. The van der Waals surface area contributed by atoms with Crippen LogP contribution in [-0.2, 0) is 6.18 Å². The van der Waals surface area contributed by atoms with Gasteiger partial charge in [0, 0.05) is 20.2 Å². The lowest BCUT2D eigenvalue weighted by atomic mass is 10.1. The van der Waals surface area contributed by atoms with Gasteiger partial charge in [-0.25, -0.2) is 0 Å². The number of rotatable bonds is 1. The van der Waals surface area contributed by atoms with Gasteiger partial charge in [-0.3, -0.25) is 0 Å². The van der Waals surface area contributed by atoms with Gasteiger partial charge in [-0.1, -0.05) is 23.2 Å². The van der Waals surface area contributed by atoms with E-state index in [1.54, 1.807) is 6.07 Å². The first-order valence-electron chi connectivity index (χ1n) is 5.06. The van der Waals surface area contributed by atoms with Crippen LogP contribution in [0.15, 0.2) is 23.1 Å². The van der Waals surface area contributed by atoms with Gasteiger partial charge in [-0.05, 0) is 25.1 Å². The number of thiophene rings is 1. The molecular formula is C12H7Cl2F3S2. The summed E-state index contributed by atoms with van der Waals surface area (Å²) in [5.41, 5.74) is -0.449. The van der Waals surface area contributed by atoms with Crippen molar-refractivity contribution < 1.29 is 13.2 Å². The first-order valence-corrected chi connectivity index (χ1v) is 7.08. The Hall–Kier alpha value is -0.360. The fourth-order valence-corrected chi connectivity index (χ4v) is 3.72. The first kappa shape index (κ1) is 15.0. The highest BCUT2D eigenvalue weighted by molar-refractivity contribution is 7.80. The average molecular weight is 343 g/mol. The second kappa shape index (κ2) is 5.20. The van der Waals surface area contributed by atoms with Crippen LogP contribution in [0.25, 0.3) is 10.4 Å². The van der Waals surface area contributed by atoms with E-state index >= 15 is 0 Å². The first-order chi connectivity index (χ1) is 8.70. The molecule has 0 nitrogen and oxygen atoms in total. The highest BCUT2D eigenvalue weighted by atomic mass is 35.5. The van der Waals surface area contributed by atoms with Gasteiger partial charge >= 0.3 is 6.18 Å². The quantitative estimate of drug-likeness (QED) is 0.574. The Labute approximate surface area is 127 Å². The van der Waals surface area contributed by atoms with Gasteiger partial charge < -0.3 is 0 Å². The predicted octanol–water partition coefficient (Wildman–Crippen LogP) is 6.34. The zero-order chi connectivity index (χ0) is 14.4. The van der Waals surface area contributed by atoms with Gasteiger partial charge in [0.2, 0.25) is 0 Å². The lowest BCUT2D eigenvalue weighted by Gasteiger charge is -2.11. The third-order valence-corrected chi connectivity index (χ3v) is 4.79. The molecule has 0 saturated carbocycles. The second-order valence-electron chi connectivity index (χ2n) is 3.86. The van der Waals surface area contributed by atoms with E-state index in [-0.39, 0.29) is 10.0 Å². The summed E-state index contributed by atoms with van der Waals surface area (Å²) in [7, 11) is 0. The molecule has 1 aromatic heterocycles. The monoisotopic (exact) mass is 342 g/mol. The van der Waals surface area contributed by atoms with Crippen LogP contribution >= 0.6 is 47.2 Å². The Balaban J connectivity index is 2.60. The minimum atomic E-state index is -4.47. The summed E-state index contributed by atoms with van der Waals surface area (Å²) in [6.45, 7) is 1.86. The number of aryl methyl sites for hydroxylation is 1. The highest BCUT2D eigenvalue weighted by Gasteiger charge is 2.32.